The van der Waals surface area contributed by atoms with Gasteiger partial charge in [-0.05, 0) is 6.92 Å². The molecule has 0 aliphatic carbocycles. The molecule has 0 fully saturated rings. The molecule has 0 saturated heterocycles. The van der Waals surface area contributed by atoms with Gasteiger partial charge < -0.3 is 0 Å². The smallest absolute Gasteiger partial charge is 0 e. The topological polar surface area (TPSA) is 0 Å². The second-order valence-electron chi connectivity index (χ2n) is 4.81. The van der Waals surface area contributed by atoms with Crippen LogP contribution >= 0.6 is 0 Å². The number of benzene rings is 3. The summed E-state index contributed by atoms with van der Waals surface area (Å²) in [6.45, 7) is 22.2. The van der Waals surface area contributed by atoms with Gasteiger partial charge in [-0.25, -0.2) is 0 Å². The maximum absolute atomic E-state index is 2.93. The standard InChI is InChI=1S/C7H8.2C7H7.4C2H6.Y/c3*1-7-5-3-2-4-6-7;4*1-2;/h2-6H,1H3;2*3-6H,1H3;4*1-2H3;/q;2*-1;;;;;. The summed E-state index contributed by atoms with van der Waals surface area (Å²) in [7, 11) is 0. The van der Waals surface area contributed by atoms with Crippen LogP contribution in [0.5, 0.6) is 0 Å². The molecule has 0 spiro atoms. The van der Waals surface area contributed by atoms with Crippen molar-refractivity contribution in [2.75, 3.05) is 0 Å². The third kappa shape index (κ3) is 34.3. The molecule has 0 aromatic heterocycles. The van der Waals surface area contributed by atoms with Crippen molar-refractivity contribution in [3.05, 3.63) is 108 Å². The van der Waals surface area contributed by atoms with Crippen LogP contribution in [0.4, 0.5) is 0 Å². The van der Waals surface area contributed by atoms with Crippen LogP contribution in [0.2, 0.25) is 0 Å². The Balaban J connectivity index is -0.0000000880. The molecule has 0 bridgehead atoms. The molecular formula is C29H46Y-2. The summed E-state index contributed by atoms with van der Waals surface area (Å²) in [5.74, 6) is 0. The number of hydrogen-bond acceptors (Lipinski definition) is 0. The minimum absolute atomic E-state index is 0. The number of aryl methyl sites for hydroxylation is 3. The van der Waals surface area contributed by atoms with Crippen molar-refractivity contribution in [2.24, 2.45) is 0 Å². The maximum atomic E-state index is 2.93. The third-order valence-corrected chi connectivity index (χ3v) is 2.71. The molecule has 3 aromatic rings. The summed E-state index contributed by atoms with van der Waals surface area (Å²) in [5, 5.41) is 0. The van der Waals surface area contributed by atoms with Gasteiger partial charge in [0, 0.05) is 32.7 Å². The van der Waals surface area contributed by atoms with E-state index in [1.165, 1.54) is 16.7 Å². The largest absolute Gasteiger partial charge is 0.184 e. The Morgan fingerprint density at radius 2 is 0.633 bits per heavy atom. The summed E-state index contributed by atoms with van der Waals surface area (Å²) < 4.78 is 0. The van der Waals surface area contributed by atoms with E-state index < -0.39 is 0 Å². The van der Waals surface area contributed by atoms with E-state index in [2.05, 4.69) is 45.0 Å². The van der Waals surface area contributed by atoms with Crippen molar-refractivity contribution in [2.45, 2.75) is 76.2 Å². The van der Waals surface area contributed by atoms with E-state index in [1.807, 2.05) is 122 Å². The Hall–Kier alpha value is -1.24. The van der Waals surface area contributed by atoms with Gasteiger partial charge >= 0.3 is 0 Å². The van der Waals surface area contributed by atoms with Crippen LogP contribution in [0.3, 0.4) is 0 Å². The SMILES string of the molecule is CC.CC.CC.CC.Cc1cc[c-]cc1.Cc1cc[c-]cc1.Cc1ccccc1.[Y]. The zero-order valence-corrected chi connectivity index (χ0v) is 24.4. The van der Waals surface area contributed by atoms with Crippen LogP contribution in [0, 0.1) is 32.9 Å². The molecule has 1 radical (unpaired) electrons. The van der Waals surface area contributed by atoms with Crippen LogP contribution < -0.4 is 0 Å². The van der Waals surface area contributed by atoms with Crippen LogP contribution in [0.15, 0.2) is 78.9 Å². The summed E-state index contributed by atoms with van der Waals surface area (Å²) in [5.41, 5.74) is 3.90. The van der Waals surface area contributed by atoms with Crippen molar-refractivity contribution in [3.63, 3.8) is 0 Å². The molecule has 0 unspecified atom stereocenters. The maximum Gasteiger partial charge on any atom is 0 e. The number of hydrogen-bond donors (Lipinski definition) is 0. The average Bonchev–Trinajstić information content (AvgIpc) is 2.82. The first-order valence-corrected chi connectivity index (χ1v) is 11.1. The van der Waals surface area contributed by atoms with Gasteiger partial charge in [0.15, 0.2) is 0 Å². The van der Waals surface area contributed by atoms with E-state index in [1.54, 1.807) is 0 Å². The Morgan fingerprint density at radius 3 is 0.767 bits per heavy atom. The van der Waals surface area contributed by atoms with Gasteiger partial charge in [-0.1, -0.05) is 105 Å². The summed E-state index contributed by atoms with van der Waals surface area (Å²) in [6, 6.07) is 31.9. The van der Waals surface area contributed by atoms with Gasteiger partial charge in [0.05, 0.1) is 0 Å². The fourth-order valence-electron chi connectivity index (χ4n) is 1.47. The molecule has 0 N–H and O–H groups in total. The van der Waals surface area contributed by atoms with Crippen molar-refractivity contribution in [1.82, 2.24) is 0 Å². The summed E-state index contributed by atoms with van der Waals surface area (Å²) in [4.78, 5) is 0. The van der Waals surface area contributed by atoms with Gasteiger partial charge in [0.2, 0.25) is 0 Å². The first-order chi connectivity index (χ1) is 14.2. The zero-order chi connectivity index (χ0) is 23.3. The monoisotopic (exact) mass is 483 g/mol. The molecule has 1 heteroatoms. The molecule has 30 heavy (non-hydrogen) atoms. The molecule has 0 aliphatic rings. The first kappa shape index (κ1) is 39.3. The van der Waals surface area contributed by atoms with Crippen molar-refractivity contribution >= 4 is 0 Å². The average molecular weight is 484 g/mol. The van der Waals surface area contributed by atoms with E-state index in [4.69, 9.17) is 0 Å². The van der Waals surface area contributed by atoms with Crippen LogP contribution in [-0.4, -0.2) is 0 Å². The molecule has 0 amide bonds. The summed E-state index contributed by atoms with van der Waals surface area (Å²) >= 11 is 0. The van der Waals surface area contributed by atoms with Crippen LogP contribution in [0.1, 0.15) is 72.1 Å². The van der Waals surface area contributed by atoms with E-state index in [0.717, 1.165) is 0 Å². The van der Waals surface area contributed by atoms with Crippen LogP contribution in [-0.2, 0) is 32.7 Å². The minimum atomic E-state index is 0. The van der Waals surface area contributed by atoms with Crippen molar-refractivity contribution in [1.29, 1.82) is 0 Å². The molecule has 0 heterocycles. The Kier molecular flexibility index (Phi) is 50.2. The third-order valence-electron chi connectivity index (χ3n) is 2.71. The molecule has 0 atom stereocenters. The van der Waals surface area contributed by atoms with E-state index in [9.17, 15) is 0 Å². The molecular weight excluding hydrogens is 437 g/mol. The van der Waals surface area contributed by atoms with E-state index in [-0.39, 0.29) is 32.7 Å². The number of rotatable bonds is 0. The van der Waals surface area contributed by atoms with Gasteiger partial charge in [-0.2, -0.15) is 71.8 Å². The second-order valence-corrected chi connectivity index (χ2v) is 4.81. The fourth-order valence-corrected chi connectivity index (χ4v) is 1.47. The Labute approximate surface area is 215 Å². The predicted octanol–water partition coefficient (Wildman–Crippen LogP) is 9.69. The van der Waals surface area contributed by atoms with Gasteiger partial charge in [0.1, 0.15) is 0 Å². The zero-order valence-electron chi connectivity index (χ0n) is 21.6. The summed E-state index contributed by atoms with van der Waals surface area (Å²) in [6.07, 6.45) is 0. The second kappa shape index (κ2) is 38.4. The fraction of sp³-hybridized carbons (Fsp3) is 0.379. The molecule has 0 saturated carbocycles. The van der Waals surface area contributed by atoms with Gasteiger partial charge in [-0.3, -0.25) is 0 Å². The predicted molar refractivity (Wildman–Crippen MR) is 137 cm³/mol. The molecule has 0 nitrogen and oxygen atoms in total. The minimum Gasteiger partial charge on any atom is -0.184 e. The van der Waals surface area contributed by atoms with Gasteiger partial charge in [0.25, 0.3) is 0 Å². The molecule has 3 rings (SSSR count). The van der Waals surface area contributed by atoms with Crippen molar-refractivity contribution < 1.29 is 32.7 Å². The van der Waals surface area contributed by atoms with E-state index in [0.29, 0.717) is 0 Å². The Bertz CT molecular complexity index is 485. The van der Waals surface area contributed by atoms with Crippen LogP contribution in [0.25, 0.3) is 0 Å². The quantitative estimate of drug-likeness (QED) is 0.279. The van der Waals surface area contributed by atoms with Gasteiger partial charge in [-0.15, -0.1) is 0 Å². The normalized spacial score (nSPS) is 6.90. The molecule has 3 aromatic carbocycles. The molecule has 0 aliphatic heterocycles. The van der Waals surface area contributed by atoms with Crippen molar-refractivity contribution in [3.8, 4) is 0 Å². The first-order valence-electron chi connectivity index (χ1n) is 11.1. The van der Waals surface area contributed by atoms with E-state index >= 15 is 0 Å². The Morgan fingerprint density at radius 1 is 0.400 bits per heavy atom. The molecule has 167 valence electrons.